The van der Waals surface area contributed by atoms with E-state index >= 15 is 0 Å². The highest BCUT2D eigenvalue weighted by atomic mass is 79.9. The van der Waals surface area contributed by atoms with Gasteiger partial charge in [-0.25, -0.2) is 13.1 Å². The van der Waals surface area contributed by atoms with Gasteiger partial charge in [-0.05, 0) is 54.0 Å². The van der Waals surface area contributed by atoms with Gasteiger partial charge in [0.15, 0.2) is 0 Å². The fourth-order valence-electron chi connectivity index (χ4n) is 1.49. The quantitative estimate of drug-likeness (QED) is 0.838. The van der Waals surface area contributed by atoms with Crippen LogP contribution in [0, 0.1) is 0 Å². The molecule has 1 atom stereocenters. The molecule has 1 rings (SSSR count). The van der Waals surface area contributed by atoms with Crippen molar-refractivity contribution in [2.24, 2.45) is 0 Å². The topological polar surface area (TPSA) is 58.2 Å². The van der Waals surface area contributed by atoms with Gasteiger partial charge < -0.3 is 5.32 Å². The summed E-state index contributed by atoms with van der Waals surface area (Å²) in [6.07, 6.45) is 0.759. The van der Waals surface area contributed by atoms with E-state index in [0.29, 0.717) is 11.0 Å². The molecule has 0 spiro atoms. The molecule has 4 nitrogen and oxygen atoms in total. The number of hydrogen-bond acceptors (Lipinski definition) is 3. The summed E-state index contributed by atoms with van der Waals surface area (Å²) in [4.78, 5) is 0.280. The monoisotopic (exact) mass is 334 g/mol. The summed E-state index contributed by atoms with van der Waals surface area (Å²) in [6.45, 7) is 4.50. The van der Waals surface area contributed by atoms with Crippen molar-refractivity contribution in [3.8, 4) is 0 Å². The minimum Gasteiger partial charge on any atom is -0.316 e. The number of sulfonamides is 1. The summed E-state index contributed by atoms with van der Waals surface area (Å²) in [7, 11) is -1.60. The molecule has 2 N–H and O–H groups in total. The van der Waals surface area contributed by atoms with Crippen LogP contribution in [-0.2, 0) is 16.6 Å². The minimum atomic E-state index is -3.45. The van der Waals surface area contributed by atoms with Crippen molar-refractivity contribution >= 4 is 26.0 Å². The van der Waals surface area contributed by atoms with E-state index in [9.17, 15) is 8.42 Å². The van der Waals surface area contributed by atoms with Crippen LogP contribution in [0.1, 0.15) is 25.8 Å². The highest BCUT2D eigenvalue weighted by Crippen LogP contribution is 2.23. The van der Waals surface area contributed by atoms with Gasteiger partial charge >= 0.3 is 0 Å². The second-order valence-corrected chi connectivity index (χ2v) is 6.76. The molecule has 0 bridgehead atoms. The van der Waals surface area contributed by atoms with Gasteiger partial charge in [0.2, 0.25) is 10.0 Å². The number of benzene rings is 1. The molecule has 0 aromatic heterocycles. The Morgan fingerprint density at radius 1 is 1.39 bits per heavy atom. The maximum atomic E-state index is 12.1. The molecule has 0 aliphatic rings. The fourth-order valence-corrected chi connectivity index (χ4v) is 3.94. The predicted molar refractivity (Wildman–Crippen MR) is 77.0 cm³/mol. The Bertz CT molecular complexity index is 503. The van der Waals surface area contributed by atoms with Crippen LogP contribution < -0.4 is 10.0 Å². The number of rotatable bonds is 6. The van der Waals surface area contributed by atoms with E-state index in [1.54, 1.807) is 6.07 Å². The van der Waals surface area contributed by atoms with Crippen LogP contribution in [0.4, 0.5) is 0 Å². The van der Waals surface area contributed by atoms with Gasteiger partial charge in [0, 0.05) is 17.1 Å². The summed E-state index contributed by atoms with van der Waals surface area (Å²) in [5.41, 5.74) is 1.03. The highest BCUT2D eigenvalue weighted by Gasteiger charge is 2.19. The van der Waals surface area contributed by atoms with Crippen molar-refractivity contribution < 1.29 is 8.42 Å². The molecule has 0 saturated carbocycles. The first-order chi connectivity index (χ1) is 8.40. The third-order valence-corrected chi connectivity index (χ3v) is 5.20. The number of halogens is 1. The highest BCUT2D eigenvalue weighted by molar-refractivity contribution is 9.10. The van der Waals surface area contributed by atoms with E-state index in [2.05, 4.69) is 26.0 Å². The van der Waals surface area contributed by atoms with Crippen LogP contribution >= 0.6 is 15.9 Å². The molecule has 0 aliphatic heterocycles. The van der Waals surface area contributed by atoms with Gasteiger partial charge in [-0.15, -0.1) is 0 Å². The lowest BCUT2D eigenvalue weighted by Gasteiger charge is -2.13. The van der Waals surface area contributed by atoms with Crippen LogP contribution in [0.2, 0.25) is 0 Å². The Balaban J connectivity index is 3.02. The molecule has 18 heavy (non-hydrogen) atoms. The van der Waals surface area contributed by atoms with Crippen LogP contribution in [0.25, 0.3) is 0 Å². The summed E-state index contributed by atoms with van der Waals surface area (Å²) in [5.74, 6) is 0. The van der Waals surface area contributed by atoms with Gasteiger partial charge in [0.25, 0.3) is 0 Å². The Hall–Kier alpha value is -0.430. The molecular weight excluding hydrogens is 316 g/mol. The second kappa shape index (κ2) is 6.65. The smallest absolute Gasteiger partial charge is 0.241 e. The molecule has 1 unspecified atom stereocenters. The van der Waals surface area contributed by atoms with Crippen molar-refractivity contribution in [2.45, 2.75) is 37.8 Å². The van der Waals surface area contributed by atoms with Gasteiger partial charge in [-0.3, -0.25) is 0 Å². The molecule has 0 saturated heterocycles. The summed E-state index contributed by atoms with van der Waals surface area (Å²) >= 11 is 3.32. The first-order valence-electron chi connectivity index (χ1n) is 5.86. The Morgan fingerprint density at radius 3 is 2.56 bits per heavy atom. The third kappa shape index (κ3) is 4.05. The van der Waals surface area contributed by atoms with Gasteiger partial charge in [-0.1, -0.05) is 13.0 Å². The van der Waals surface area contributed by atoms with E-state index in [0.717, 1.165) is 12.0 Å². The second-order valence-electron chi connectivity index (χ2n) is 4.23. The normalized spacial score (nSPS) is 13.6. The van der Waals surface area contributed by atoms with Gasteiger partial charge in [0.1, 0.15) is 0 Å². The standard InChI is InChI=1S/C12H19BrN2O2S/c1-4-9(2)15-18(16,17)12-6-5-10(8-14-3)7-11(12)13/h5-7,9,14-15H,4,8H2,1-3H3. The maximum Gasteiger partial charge on any atom is 0.241 e. The first-order valence-corrected chi connectivity index (χ1v) is 8.13. The average molecular weight is 335 g/mol. The molecular formula is C12H19BrN2O2S. The Kier molecular flexibility index (Phi) is 5.78. The lowest BCUT2D eigenvalue weighted by molar-refractivity contribution is 0.555. The van der Waals surface area contributed by atoms with Crippen molar-refractivity contribution in [1.82, 2.24) is 10.0 Å². The van der Waals surface area contributed by atoms with Crippen LogP contribution in [-0.4, -0.2) is 21.5 Å². The molecule has 0 fully saturated rings. The molecule has 102 valence electrons. The first kappa shape index (κ1) is 15.6. The van der Waals surface area contributed by atoms with Gasteiger partial charge in [-0.2, -0.15) is 0 Å². The maximum absolute atomic E-state index is 12.1. The van der Waals surface area contributed by atoms with Crippen molar-refractivity contribution in [1.29, 1.82) is 0 Å². The van der Waals surface area contributed by atoms with E-state index in [4.69, 9.17) is 0 Å². The van der Waals surface area contributed by atoms with Crippen molar-refractivity contribution in [3.63, 3.8) is 0 Å². The number of nitrogens with one attached hydrogen (secondary N) is 2. The molecule has 6 heteroatoms. The van der Waals surface area contributed by atoms with Crippen LogP contribution in [0.15, 0.2) is 27.6 Å². The molecule has 1 aromatic carbocycles. The average Bonchev–Trinajstić information content (AvgIpc) is 2.28. The third-order valence-electron chi connectivity index (χ3n) is 2.64. The molecule has 0 heterocycles. The van der Waals surface area contributed by atoms with E-state index < -0.39 is 10.0 Å². The van der Waals surface area contributed by atoms with Crippen LogP contribution in [0.5, 0.6) is 0 Å². The Labute approximate surface area is 117 Å². The molecule has 1 aromatic rings. The zero-order chi connectivity index (χ0) is 13.8. The molecule has 0 radical (unpaired) electrons. The van der Waals surface area contributed by atoms with E-state index in [-0.39, 0.29) is 10.9 Å². The SMILES string of the molecule is CCC(C)NS(=O)(=O)c1ccc(CNC)cc1Br. The summed E-state index contributed by atoms with van der Waals surface area (Å²) in [5, 5.41) is 3.02. The molecule has 0 aliphatic carbocycles. The fraction of sp³-hybridized carbons (Fsp3) is 0.500. The Morgan fingerprint density at radius 2 is 2.06 bits per heavy atom. The van der Waals surface area contributed by atoms with E-state index in [1.807, 2.05) is 33.0 Å². The van der Waals surface area contributed by atoms with E-state index in [1.165, 1.54) is 0 Å². The summed E-state index contributed by atoms with van der Waals surface area (Å²) in [6, 6.07) is 5.19. The minimum absolute atomic E-state index is 0.0705. The molecule has 0 amide bonds. The van der Waals surface area contributed by atoms with Crippen LogP contribution in [0.3, 0.4) is 0 Å². The number of hydrogen-bond donors (Lipinski definition) is 2. The largest absolute Gasteiger partial charge is 0.316 e. The van der Waals surface area contributed by atoms with Gasteiger partial charge in [0.05, 0.1) is 4.90 Å². The summed E-state index contributed by atoms with van der Waals surface area (Å²) < 4.78 is 27.5. The van der Waals surface area contributed by atoms with Crippen molar-refractivity contribution in [2.75, 3.05) is 7.05 Å². The predicted octanol–water partition coefficient (Wildman–Crippen LogP) is 2.25. The lowest BCUT2D eigenvalue weighted by Crippen LogP contribution is -2.32. The van der Waals surface area contributed by atoms with Crippen molar-refractivity contribution in [3.05, 3.63) is 28.2 Å². The zero-order valence-electron chi connectivity index (χ0n) is 10.8. The zero-order valence-corrected chi connectivity index (χ0v) is 13.2. The lowest BCUT2D eigenvalue weighted by atomic mass is 10.2.